The highest BCUT2D eigenvalue weighted by Crippen LogP contribution is 2.10. The van der Waals surface area contributed by atoms with Gasteiger partial charge in [0.1, 0.15) is 7.05 Å². The van der Waals surface area contributed by atoms with Gasteiger partial charge < -0.3 is 5.11 Å². The molecule has 0 fully saturated rings. The van der Waals surface area contributed by atoms with Crippen LogP contribution >= 0.6 is 11.8 Å². The van der Waals surface area contributed by atoms with Gasteiger partial charge in [-0.15, -0.1) is 0 Å². The normalized spacial score (nSPS) is 9.83. The highest BCUT2D eigenvalue weighted by atomic mass is 32.2. The van der Waals surface area contributed by atoms with E-state index >= 15 is 0 Å². The lowest BCUT2D eigenvalue weighted by molar-refractivity contribution is -0.708. The number of carboxylic acid groups (broad SMARTS) is 1. The van der Waals surface area contributed by atoms with Crippen LogP contribution < -0.4 is 4.57 Å². The molecule has 4 heteroatoms. The standard InChI is InChI=1S/C8H9NO2S/c1-9-4-3-6(8(10)11)5-7(9)12-2/h3-5H,1-2H3/p+1. The molecule has 1 heterocycles. The monoisotopic (exact) mass is 184 g/mol. The fraction of sp³-hybridized carbons (Fsp3) is 0.250. The van der Waals surface area contributed by atoms with Crippen molar-refractivity contribution in [3.63, 3.8) is 0 Å². The molecule has 3 nitrogen and oxygen atoms in total. The van der Waals surface area contributed by atoms with Gasteiger partial charge in [-0.25, -0.2) is 4.79 Å². The van der Waals surface area contributed by atoms with Crippen molar-refractivity contribution in [2.24, 2.45) is 7.05 Å². The van der Waals surface area contributed by atoms with Crippen molar-refractivity contribution in [2.75, 3.05) is 6.26 Å². The van der Waals surface area contributed by atoms with Crippen molar-refractivity contribution >= 4 is 17.7 Å². The van der Waals surface area contributed by atoms with Crippen LogP contribution in [0.15, 0.2) is 23.4 Å². The molecule has 0 bridgehead atoms. The molecule has 0 amide bonds. The quantitative estimate of drug-likeness (QED) is 0.549. The van der Waals surface area contributed by atoms with Gasteiger partial charge in [-0.3, -0.25) is 0 Å². The van der Waals surface area contributed by atoms with Crippen LogP contribution in [0.5, 0.6) is 0 Å². The number of hydrogen-bond acceptors (Lipinski definition) is 2. The summed E-state index contributed by atoms with van der Waals surface area (Å²) < 4.78 is 1.89. The Morgan fingerprint density at radius 1 is 1.67 bits per heavy atom. The average molecular weight is 184 g/mol. The summed E-state index contributed by atoms with van der Waals surface area (Å²) in [6, 6.07) is 3.25. The van der Waals surface area contributed by atoms with Crippen molar-refractivity contribution in [3.8, 4) is 0 Å². The number of pyridine rings is 1. The van der Waals surface area contributed by atoms with Gasteiger partial charge in [-0.05, 0) is 6.26 Å². The zero-order chi connectivity index (χ0) is 9.14. The van der Waals surface area contributed by atoms with E-state index in [9.17, 15) is 4.79 Å². The van der Waals surface area contributed by atoms with Crippen molar-refractivity contribution in [1.29, 1.82) is 0 Å². The second-order valence-electron chi connectivity index (χ2n) is 2.37. The number of hydrogen-bond donors (Lipinski definition) is 1. The summed E-state index contributed by atoms with van der Waals surface area (Å²) in [6.07, 6.45) is 3.66. The van der Waals surface area contributed by atoms with E-state index < -0.39 is 5.97 Å². The van der Waals surface area contributed by atoms with Crippen LogP contribution in [0, 0.1) is 0 Å². The maximum atomic E-state index is 10.6. The Morgan fingerprint density at radius 2 is 2.33 bits per heavy atom. The lowest BCUT2D eigenvalue weighted by Crippen LogP contribution is -2.30. The van der Waals surface area contributed by atoms with E-state index in [1.54, 1.807) is 18.3 Å². The van der Waals surface area contributed by atoms with Crippen LogP contribution in [-0.2, 0) is 7.05 Å². The Bertz CT molecular complexity index is 312. The van der Waals surface area contributed by atoms with Gasteiger partial charge in [-0.1, -0.05) is 11.8 Å². The van der Waals surface area contributed by atoms with E-state index in [-0.39, 0.29) is 0 Å². The minimum Gasteiger partial charge on any atom is -0.478 e. The summed E-state index contributed by atoms with van der Waals surface area (Å²) in [5.41, 5.74) is 0.331. The summed E-state index contributed by atoms with van der Waals surface area (Å²) in [7, 11) is 1.89. The highest BCUT2D eigenvalue weighted by Gasteiger charge is 2.10. The van der Waals surface area contributed by atoms with E-state index in [1.165, 1.54) is 11.8 Å². The molecule has 1 rings (SSSR count). The fourth-order valence-electron chi connectivity index (χ4n) is 0.884. The summed E-state index contributed by atoms with van der Waals surface area (Å²) >= 11 is 1.53. The second-order valence-corrected chi connectivity index (χ2v) is 3.20. The first-order valence-electron chi connectivity index (χ1n) is 3.42. The number of aryl methyl sites for hydroxylation is 1. The van der Waals surface area contributed by atoms with Gasteiger partial charge in [0.15, 0.2) is 6.20 Å². The SMILES string of the molecule is CSc1cc(C(=O)O)cc[n+]1C. The van der Waals surface area contributed by atoms with E-state index in [1.807, 2.05) is 17.9 Å². The van der Waals surface area contributed by atoms with Gasteiger partial charge >= 0.3 is 5.97 Å². The Morgan fingerprint density at radius 3 is 2.83 bits per heavy atom. The first kappa shape index (κ1) is 9.06. The number of nitrogens with zero attached hydrogens (tertiary/aromatic N) is 1. The molecular formula is C8H10NO2S+. The largest absolute Gasteiger partial charge is 0.478 e. The molecule has 0 atom stereocenters. The van der Waals surface area contributed by atoms with E-state index in [4.69, 9.17) is 5.11 Å². The molecule has 0 unspecified atom stereocenters. The van der Waals surface area contributed by atoms with E-state index in [0.717, 1.165) is 5.03 Å². The Labute approximate surface area is 75.0 Å². The van der Waals surface area contributed by atoms with Gasteiger partial charge in [0.05, 0.1) is 5.56 Å². The van der Waals surface area contributed by atoms with Crippen molar-refractivity contribution in [2.45, 2.75) is 5.03 Å². The molecule has 0 aliphatic carbocycles. The number of rotatable bonds is 2. The maximum absolute atomic E-state index is 10.6. The van der Waals surface area contributed by atoms with Gasteiger partial charge in [0.25, 0.3) is 0 Å². The number of carbonyl (C=O) groups is 1. The minimum absolute atomic E-state index is 0.331. The van der Waals surface area contributed by atoms with Gasteiger partial charge in [0.2, 0.25) is 5.03 Å². The molecule has 0 aliphatic rings. The van der Waals surface area contributed by atoms with Crippen LogP contribution in [0.4, 0.5) is 0 Å². The van der Waals surface area contributed by atoms with Crippen LogP contribution in [0.25, 0.3) is 0 Å². The lowest BCUT2D eigenvalue weighted by Gasteiger charge is -1.96. The van der Waals surface area contributed by atoms with Crippen molar-refractivity contribution in [1.82, 2.24) is 0 Å². The maximum Gasteiger partial charge on any atom is 0.336 e. The van der Waals surface area contributed by atoms with E-state index in [2.05, 4.69) is 0 Å². The summed E-state index contributed by atoms with van der Waals surface area (Å²) in [5.74, 6) is -0.883. The molecule has 0 saturated carbocycles. The van der Waals surface area contributed by atoms with Crippen LogP contribution in [0.2, 0.25) is 0 Å². The topological polar surface area (TPSA) is 41.2 Å². The van der Waals surface area contributed by atoms with Crippen LogP contribution in [0.3, 0.4) is 0 Å². The number of aromatic nitrogens is 1. The molecule has 0 radical (unpaired) electrons. The summed E-state index contributed by atoms with van der Waals surface area (Å²) in [6.45, 7) is 0. The Hall–Kier alpha value is -1.03. The predicted octanol–water partition coefficient (Wildman–Crippen LogP) is 0.931. The third-order valence-electron chi connectivity index (χ3n) is 1.56. The summed E-state index contributed by atoms with van der Waals surface area (Å²) in [4.78, 5) is 10.6. The number of carboxylic acids is 1. The number of aromatic carboxylic acids is 1. The number of thioether (sulfide) groups is 1. The Balaban J connectivity index is 3.13. The smallest absolute Gasteiger partial charge is 0.336 e. The molecule has 1 aromatic rings. The molecular weight excluding hydrogens is 174 g/mol. The molecule has 64 valence electrons. The van der Waals surface area contributed by atoms with Crippen LogP contribution in [-0.4, -0.2) is 17.3 Å². The molecule has 0 aromatic carbocycles. The first-order valence-corrected chi connectivity index (χ1v) is 4.64. The minimum atomic E-state index is -0.883. The summed E-state index contributed by atoms with van der Waals surface area (Å²) in [5, 5.41) is 9.62. The molecule has 1 aromatic heterocycles. The van der Waals surface area contributed by atoms with Crippen molar-refractivity contribution in [3.05, 3.63) is 23.9 Å². The zero-order valence-corrected chi connectivity index (χ0v) is 7.76. The van der Waals surface area contributed by atoms with Gasteiger partial charge in [0, 0.05) is 12.1 Å². The van der Waals surface area contributed by atoms with Crippen LogP contribution in [0.1, 0.15) is 10.4 Å². The molecule has 12 heavy (non-hydrogen) atoms. The fourth-order valence-corrected chi connectivity index (χ4v) is 1.48. The predicted molar refractivity (Wildman–Crippen MR) is 46.4 cm³/mol. The highest BCUT2D eigenvalue weighted by molar-refractivity contribution is 7.98. The third kappa shape index (κ3) is 1.76. The van der Waals surface area contributed by atoms with Crippen molar-refractivity contribution < 1.29 is 14.5 Å². The molecule has 1 N–H and O–H groups in total. The average Bonchev–Trinajstić information content (AvgIpc) is 2.05. The second kappa shape index (κ2) is 3.58. The van der Waals surface area contributed by atoms with Gasteiger partial charge in [-0.2, -0.15) is 4.57 Å². The third-order valence-corrected chi connectivity index (χ3v) is 2.38. The lowest BCUT2D eigenvalue weighted by atomic mass is 10.3. The molecule has 0 spiro atoms. The zero-order valence-electron chi connectivity index (χ0n) is 6.94. The molecule has 0 aliphatic heterocycles. The first-order chi connectivity index (χ1) is 5.65. The molecule has 0 saturated heterocycles. The Kier molecular flexibility index (Phi) is 2.70. The van der Waals surface area contributed by atoms with E-state index in [0.29, 0.717) is 5.56 Å².